The van der Waals surface area contributed by atoms with Gasteiger partial charge in [-0.2, -0.15) is 0 Å². The molecule has 1 saturated heterocycles. The lowest BCUT2D eigenvalue weighted by atomic mass is 10.1. The van der Waals surface area contributed by atoms with Crippen LogP contribution in [0, 0.1) is 6.92 Å². The number of benzene rings is 3. The van der Waals surface area contributed by atoms with E-state index in [1.807, 2.05) is 43.3 Å². The Morgan fingerprint density at radius 1 is 1.11 bits per heavy atom. The molecule has 9 heteroatoms. The largest absolute Gasteiger partial charge is 0.493 e. The van der Waals surface area contributed by atoms with Gasteiger partial charge in [0.15, 0.2) is 18.1 Å². The van der Waals surface area contributed by atoms with Crippen molar-refractivity contribution < 1.29 is 19.1 Å². The van der Waals surface area contributed by atoms with Crippen LogP contribution in [0.25, 0.3) is 6.08 Å². The molecule has 0 radical (unpaired) electrons. The summed E-state index contributed by atoms with van der Waals surface area (Å²) in [6.45, 7) is 2.20. The standard InChI is InChI=1S/C28H25ClN2O4S2/c1-18-8-10-21(29)16-22(18)30-26(32)17-35-23-11-9-20(14-24(23)34-2)15-25-27(33)31(28(36)37-25)13-12-19-6-4-3-5-7-19/h3-11,14-16H,12-13,17H2,1-2H3,(H,30,32)/b25-15-. The molecule has 0 atom stereocenters. The number of thioether (sulfide) groups is 1. The Balaban J connectivity index is 1.39. The molecule has 0 aliphatic carbocycles. The normalized spacial score (nSPS) is 14.2. The van der Waals surface area contributed by atoms with Crippen LogP contribution in [0.4, 0.5) is 5.69 Å². The number of rotatable bonds is 9. The zero-order valence-electron chi connectivity index (χ0n) is 20.3. The summed E-state index contributed by atoms with van der Waals surface area (Å²) in [6, 6.07) is 20.5. The van der Waals surface area contributed by atoms with Crippen molar-refractivity contribution in [2.75, 3.05) is 25.6 Å². The van der Waals surface area contributed by atoms with Crippen LogP contribution < -0.4 is 14.8 Å². The number of thiocarbonyl (C=S) groups is 1. The van der Waals surface area contributed by atoms with Gasteiger partial charge < -0.3 is 14.8 Å². The summed E-state index contributed by atoms with van der Waals surface area (Å²) in [7, 11) is 1.52. The average molecular weight is 553 g/mol. The summed E-state index contributed by atoms with van der Waals surface area (Å²) in [5, 5.41) is 3.33. The Kier molecular flexibility index (Phi) is 8.87. The number of carbonyl (C=O) groups is 2. The van der Waals surface area contributed by atoms with Crippen LogP contribution in [0.15, 0.2) is 71.6 Å². The van der Waals surface area contributed by atoms with Crippen molar-refractivity contribution in [1.29, 1.82) is 0 Å². The number of anilines is 1. The van der Waals surface area contributed by atoms with Crippen LogP contribution in [0.5, 0.6) is 11.5 Å². The highest BCUT2D eigenvalue weighted by Crippen LogP contribution is 2.35. The minimum absolute atomic E-state index is 0.113. The molecule has 0 aromatic heterocycles. The lowest BCUT2D eigenvalue weighted by molar-refractivity contribution is -0.122. The molecule has 37 heavy (non-hydrogen) atoms. The smallest absolute Gasteiger partial charge is 0.266 e. The average Bonchev–Trinajstić information content (AvgIpc) is 3.16. The molecule has 3 aromatic rings. The first-order valence-corrected chi connectivity index (χ1v) is 13.1. The van der Waals surface area contributed by atoms with Crippen molar-refractivity contribution in [3.63, 3.8) is 0 Å². The molecule has 1 aliphatic heterocycles. The second-order valence-corrected chi connectivity index (χ2v) is 10.4. The summed E-state index contributed by atoms with van der Waals surface area (Å²) in [4.78, 5) is 27.6. The molecule has 1 N–H and O–H groups in total. The minimum Gasteiger partial charge on any atom is -0.493 e. The number of amides is 2. The molecule has 0 bridgehead atoms. The van der Waals surface area contributed by atoms with Gasteiger partial charge in [-0.3, -0.25) is 14.5 Å². The third kappa shape index (κ3) is 6.91. The first kappa shape index (κ1) is 26.7. The van der Waals surface area contributed by atoms with Gasteiger partial charge in [0.1, 0.15) is 4.32 Å². The fraction of sp³-hybridized carbons (Fsp3) is 0.179. The summed E-state index contributed by atoms with van der Waals surface area (Å²) in [5.41, 5.74) is 3.43. The number of methoxy groups -OCH3 is 1. The molecule has 1 fully saturated rings. The number of nitrogens with zero attached hydrogens (tertiary/aromatic N) is 1. The van der Waals surface area contributed by atoms with Gasteiger partial charge in [-0.15, -0.1) is 0 Å². The Hall–Kier alpha value is -3.33. The van der Waals surface area contributed by atoms with E-state index < -0.39 is 0 Å². The zero-order chi connectivity index (χ0) is 26.4. The van der Waals surface area contributed by atoms with E-state index in [9.17, 15) is 9.59 Å². The van der Waals surface area contributed by atoms with Crippen molar-refractivity contribution in [2.24, 2.45) is 0 Å². The molecule has 3 aromatic carbocycles. The van der Waals surface area contributed by atoms with Gasteiger partial charge in [0, 0.05) is 17.3 Å². The maximum absolute atomic E-state index is 13.0. The topological polar surface area (TPSA) is 67.9 Å². The number of carbonyl (C=O) groups excluding carboxylic acids is 2. The van der Waals surface area contributed by atoms with Crippen molar-refractivity contribution >= 4 is 63.5 Å². The predicted molar refractivity (Wildman–Crippen MR) is 153 cm³/mol. The first-order valence-electron chi connectivity index (χ1n) is 11.5. The monoisotopic (exact) mass is 552 g/mol. The van der Waals surface area contributed by atoms with Crippen LogP contribution in [0.3, 0.4) is 0 Å². The maximum Gasteiger partial charge on any atom is 0.266 e. The van der Waals surface area contributed by atoms with E-state index in [0.29, 0.717) is 38.0 Å². The maximum atomic E-state index is 13.0. The van der Waals surface area contributed by atoms with E-state index in [2.05, 4.69) is 5.32 Å². The Morgan fingerprint density at radius 2 is 1.89 bits per heavy atom. The van der Waals surface area contributed by atoms with E-state index in [1.54, 1.807) is 41.3 Å². The Morgan fingerprint density at radius 3 is 2.65 bits per heavy atom. The lowest BCUT2D eigenvalue weighted by Crippen LogP contribution is -2.30. The van der Waals surface area contributed by atoms with Crippen LogP contribution in [-0.4, -0.2) is 41.3 Å². The summed E-state index contributed by atoms with van der Waals surface area (Å²) in [5.74, 6) is 0.418. The Bertz CT molecular complexity index is 1360. The van der Waals surface area contributed by atoms with Gasteiger partial charge in [0.05, 0.1) is 12.0 Å². The number of ether oxygens (including phenoxy) is 2. The van der Waals surface area contributed by atoms with E-state index in [1.165, 1.54) is 18.9 Å². The molecule has 1 aliphatic rings. The third-order valence-electron chi connectivity index (χ3n) is 5.66. The van der Waals surface area contributed by atoms with Gasteiger partial charge >= 0.3 is 0 Å². The Labute approximate surface area is 230 Å². The van der Waals surface area contributed by atoms with Gasteiger partial charge in [0.25, 0.3) is 11.8 Å². The van der Waals surface area contributed by atoms with Gasteiger partial charge in [-0.25, -0.2) is 0 Å². The molecule has 6 nitrogen and oxygen atoms in total. The van der Waals surface area contributed by atoms with Crippen molar-refractivity contribution in [1.82, 2.24) is 4.90 Å². The molecule has 4 rings (SSSR count). The molecule has 0 unspecified atom stereocenters. The highest BCUT2D eigenvalue weighted by Gasteiger charge is 2.31. The van der Waals surface area contributed by atoms with Gasteiger partial charge in [-0.1, -0.05) is 78.0 Å². The van der Waals surface area contributed by atoms with E-state index in [0.717, 1.165) is 23.1 Å². The van der Waals surface area contributed by atoms with Crippen LogP contribution in [0.2, 0.25) is 5.02 Å². The molecular weight excluding hydrogens is 528 g/mol. The van der Waals surface area contributed by atoms with Gasteiger partial charge in [-0.05, 0) is 60.4 Å². The molecular formula is C28H25ClN2O4S2. The van der Waals surface area contributed by atoms with E-state index in [-0.39, 0.29) is 18.4 Å². The number of nitrogens with one attached hydrogen (secondary N) is 1. The van der Waals surface area contributed by atoms with Crippen molar-refractivity contribution in [2.45, 2.75) is 13.3 Å². The fourth-order valence-electron chi connectivity index (χ4n) is 3.68. The number of halogens is 1. The molecule has 1 heterocycles. The van der Waals surface area contributed by atoms with Crippen LogP contribution in [0.1, 0.15) is 16.7 Å². The van der Waals surface area contributed by atoms with Crippen LogP contribution in [-0.2, 0) is 16.0 Å². The molecule has 0 spiro atoms. The van der Waals surface area contributed by atoms with Crippen molar-refractivity contribution in [3.8, 4) is 11.5 Å². The molecule has 0 saturated carbocycles. The molecule has 2 amide bonds. The zero-order valence-corrected chi connectivity index (χ0v) is 22.7. The highest BCUT2D eigenvalue weighted by atomic mass is 35.5. The third-order valence-corrected chi connectivity index (χ3v) is 7.27. The fourth-order valence-corrected chi connectivity index (χ4v) is 5.16. The van der Waals surface area contributed by atoms with Crippen molar-refractivity contribution in [3.05, 3.63) is 93.3 Å². The SMILES string of the molecule is COc1cc(/C=C2\SC(=S)N(CCc3ccccc3)C2=O)ccc1OCC(=O)Nc1cc(Cl)ccc1C. The second kappa shape index (κ2) is 12.3. The number of aryl methyl sites for hydroxylation is 1. The summed E-state index contributed by atoms with van der Waals surface area (Å²) in [6.07, 6.45) is 2.51. The van der Waals surface area contributed by atoms with Gasteiger partial charge in [0.2, 0.25) is 0 Å². The summed E-state index contributed by atoms with van der Waals surface area (Å²) >= 11 is 12.8. The quantitative estimate of drug-likeness (QED) is 0.255. The highest BCUT2D eigenvalue weighted by molar-refractivity contribution is 8.26. The first-order chi connectivity index (χ1) is 17.8. The second-order valence-electron chi connectivity index (χ2n) is 8.28. The van der Waals surface area contributed by atoms with Crippen LogP contribution >= 0.6 is 35.6 Å². The predicted octanol–water partition coefficient (Wildman–Crippen LogP) is 6.12. The number of hydrogen-bond donors (Lipinski definition) is 1. The van der Waals surface area contributed by atoms with E-state index in [4.69, 9.17) is 33.3 Å². The lowest BCUT2D eigenvalue weighted by Gasteiger charge is -2.14. The summed E-state index contributed by atoms with van der Waals surface area (Å²) < 4.78 is 11.7. The minimum atomic E-state index is -0.323. The number of hydrogen-bond acceptors (Lipinski definition) is 6. The molecule has 190 valence electrons. The van der Waals surface area contributed by atoms with E-state index >= 15 is 0 Å².